The molecule has 0 aliphatic heterocycles. The van der Waals surface area contributed by atoms with Crippen molar-refractivity contribution in [1.82, 2.24) is 5.32 Å². The molecule has 0 aromatic heterocycles. The van der Waals surface area contributed by atoms with Crippen LogP contribution >= 0.6 is 0 Å². The molecule has 2 unspecified atom stereocenters. The summed E-state index contributed by atoms with van der Waals surface area (Å²) in [7, 11) is 0. The highest BCUT2D eigenvalue weighted by Crippen LogP contribution is 2.26. The average Bonchev–Trinajstić information content (AvgIpc) is 2.15. The Balaban J connectivity index is 2.73. The number of hydrogen-bond donors (Lipinski definition) is 2. The fraction of sp³-hybridized carbons (Fsp3) is 0.667. The first-order valence-electron chi connectivity index (χ1n) is 5.51. The quantitative estimate of drug-likeness (QED) is 0.701. The van der Waals surface area contributed by atoms with E-state index in [9.17, 15) is 9.59 Å². The molecule has 1 aliphatic rings. The maximum Gasteiger partial charge on any atom is 0.307 e. The Kier molecular flexibility index (Phi) is 3.73. The summed E-state index contributed by atoms with van der Waals surface area (Å²) in [5.41, 5.74) is -0.318. The summed E-state index contributed by atoms with van der Waals surface area (Å²) >= 11 is 0. The van der Waals surface area contributed by atoms with Gasteiger partial charge in [0.15, 0.2) is 0 Å². The molecule has 0 aromatic carbocycles. The van der Waals surface area contributed by atoms with Crippen molar-refractivity contribution in [2.75, 3.05) is 0 Å². The van der Waals surface area contributed by atoms with Gasteiger partial charge < -0.3 is 10.4 Å². The molecule has 90 valence electrons. The van der Waals surface area contributed by atoms with E-state index in [4.69, 9.17) is 5.11 Å². The molecular weight excluding hydrogens is 206 g/mol. The first-order chi connectivity index (χ1) is 7.31. The lowest BCUT2D eigenvalue weighted by Gasteiger charge is -2.28. The third-order valence-corrected chi connectivity index (χ3v) is 2.58. The third kappa shape index (κ3) is 3.36. The minimum absolute atomic E-state index is 0.163. The predicted molar refractivity (Wildman–Crippen MR) is 60.9 cm³/mol. The van der Waals surface area contributed by atoms with Gasteiger partial charge in [0.25, 0.3) is 0 Å². The molecule has 0 aromatic rings. The van der Waals surface area contributed by atoms with Crippen molar-refractivity contribution in [3.8, 4) is 0 Å². The van der Waals surface area contributed by atoms with Gasteiger partial charge in [0.05, 0.1) is 11.8 Å². The number of carboxylic acid groups (broad SMARTS) is 1. The van der Waals surface area contributed by atoms with Crippen LogP contribution in [0.3, 0.4) is 0 Å². The van der Waals surface area contributed by atoms with Crippen LogP contribution in [0.15, 0.2) is 12.2 Å². The van der Waals surface area contributed by atoms with Gasteiger partial charge in [-0.15, -0.1) is 0 Å². The van der Waals surface area contributed by atoms with Crippen molar-refractivity contribution in [2.24, 2.45) is 11.8 Å². The van der Waals surface area contributed by atoms with Crippen LogP contribution in [0.25, 0.3) is 0 Å². The summed E-state index contributed by atoms with van der Waals surface area (Å²) in [4.78, 5) is 22.9. The van der Waals surface area contributed by atoms with E-state index in [-0.39, 0.29) is 11.4 Å². The van der Waals surface area contributed by atoms with Crippen LogP contribution in [0, 0.1) is 11.8 Å². The zero-order valence-electron chi connectivity index (χ0n) is 9.99. The Morgan fingerprint density at radius 1 is 1.19 bits per heavy atom. The smallest absolute Gasteiger partial charge is 0.307 e. The van der Waals surface area contributed by atoms with Crippen LogP contribution in [0.1, 0.15) is 33.6 Å². The van der Waals surface area contributed by atoms with Crippen LogP contribution in [0.2, 0.25) is 0 Å². The van der Waals surface area contributed by atoms with Crippen molar-refractivity contribution >= 4 is 11.9 Å². The SMILES string of the molecule is CC(C)(C)NC(=O)C1CC=CCC1C(=O)O. The van der Waals surface area contributed by atoms with Crippen LogP contribution in [0.4, 0.5) is 0 Å². The normalized spacial score (nSPS) is 25.2. The number of nitrogens with one attached hydrogen (secondary N) is 1. The number of aliphatic carboxylic acids is 1. The van der Waals surface area contributed by atoms with Gasteiger partial charge in [-0.25, -0.2) is 0 Å². The molecule has 1 amide bonds. The van der Waals surface area contributed by atoms with Crippen LogP contribution in [-0.2, 0) is 9.59 Å². The number of carbonyl (C=O) groups excluding carboxylic acids is 1. The Morgan fingerprint density at radius 3 is 2.12 bits per heavy atom. The van der Waals surface area contributed by atoms with E-state index >= 15 is 0 Å². The fourth-order valence-corrected chi connectivity index (χ4v) is 1.84. The zero-order chi connectivity index (χ0) is 12.3. The molecule has 2 atom stereocenters. The van der Waals surface area contributed by atoms with Crippen molar-refractivity contribution in [1.29, 1.82) is 0 Å². The van der Waals surface area contributed by atoms with Gasteiger partial charge in [0.2, 0.25) is 5.91 Å². The van der Waals surface area contributed by atoms with Gasteiger partial charge in [0, 0.05) is 5.54 Å². The van der Waals surface area contributed by atoms with E-state index in [1.807, 2.05) is 32.9 Å². The van der Waals surface area contributed by atoms with Gasteiger partial charge in [0.1, 0.15) is 0 Å². The van der Waals surface area contributed by atoms with E-state index in [0.29, 0.717) is 12.8 Å². The predicted octanol–water partition coefficient (Wildman–Crippen LogP) is 1.57. The molecule has 1 aliphatic carbocycles. The highest BCUT2D eigenvalue weighted by atomic mass is 16.4. The lowest BCUT2D eigenvalue weighted by molar-refractivity contribution is -0.147. The first-order valence-corrected chi connectivity index (χ1v) is 5.51. The second-order valence-corrected chi connectivity index (χ2v) is 5.23. The van der Waals surface area contributed by atoms with Gasteiger partial charge in [-0.05, 0) is 33.6 Å². The Bertz CT molecular complexity index is 315. The Labute approximate surface area is 95.7 Å². The molecule has 0 fully saturated rings. The maximum atomic E-state index is 11.9. The van der Waals surface area contributed by atoms with Crippen LogP contribution in [0.5, 0.6) is 0 Å². The highest BCUT2D eigenvalue weighted by Gasteiger charge is 2.35. The minimum atomic E-state index is -0.890. The summed E-state index contributed by atoms with van der Waals surface area (Å²) in [6.45, 7) is 5.66. The van der Waals surface area contributed by atoms with Crippen molar-refractivity contribution in [3.63, 3.8) is 0 Å². The molecule has 0 radical (unpaired) electrons. The molecule has 2 N–H and O–H groups in total. The maximum absolute atomic E-state index is 11.9. The molecule has 0 saturated carbocycles. The molecule has 0 spiro atoms. The molecule has 16 heavy (non-hydrogen) atoms. The monoisotopic (exact) mass is 225 g/mol. The number of carboxylic acids is 1. The molecule has 4 nitrogen and oxygen atoms in total. The van der Waals surface area contributed by atoms with Crippen molar-refractivity contribution < 1.29 is 14.7 Å². The lowest BCUT2D eigenvalue weighted by Crippen LogP contribution is -2.47. The Hall–Kier alpha value is -1.32. The second-order valence-electron chi connectivity index (χ2n) is 5.23. The number of rotatable bonds is 2. The highest BCUT2D eigenvalue weighted by molar-refractivity contribution is 5.85. The lowest BCUT2D eigenvalue weighted by atomic mass is 9.82. The third-order valence-electron chi connectivity index (χ3n) is 2.58. The van der Waals surface area contributed by atoms with Crippen LogP contribution < -0.4 is 5.32 Å². The van der Waals surface area contributed by atoms with Crippen molar-refractivity contribution in [3.05, 3.63) is 12.2 Å². The summed E-state index contributed by atoms with van der Waals surface area (Å²) < 4.78 is 0. The van der Waals surface area contributed by atoms with Gasteiger partial charge >= 0.3 is 5.97 Å². The summed E-state index contributed by atoms with van der Waals surface area (Å²) in [5.74, 6) is -2.09. The zero-order valence-corrected chi connectivity index (χ0v) is 9.99. The standard InChI is InChI=1S/C12H19NO3/c1-12(2,3)13-10(14)8-6-4-5-7-9(8)11(15)16/h4-5,8-9H,6-7H2,1-3H3,(H,13,14)(H,15,16). The number of carbonyl (C=O) groups is 2. The molecule has 1 rings (SSSR count). The van der Waals surface area contributed by atoms with E-state index < -0.39 is 17.8 Å². The molecule has 4 heteroatoms. The van der Waals surface area contributed by atoms with Gasteiger partial charge in [-0.2, -0.15) is 0 Å². The summed E-state index contributed by atoms with van der Waals surface area (Å²) in [6.07, 6.45) is 4.67. The Morgan fingerprint density at radius 2 is 1.69 bits per heavy atom. The van der Waals surface area contributed by atoms with Gasteiger partial charge in [-0.1, -0.05) is 12.2 Å². The molecule has 0 bridgehead atoms. The first kappa shape index (κ1) is 12.7. The fourth-order valence-electron chi connectivity index (χ4n) is 1.84. The van der Waals surface area contributed by atoms with E-state index in [1.165, 1.54) is 0 Å². The minimum Gasteiger partial charge on any atom is -0.481 e. The molecule has 0 heterocycles. The average molecular weight is 225 g/mol. The van der Waals surface area contributed by atoms with Gasteiger partial charge in [-0.3, -0.25) is 9.59 Å². The second kappa shape index (κ2) is 4.68. The van der Waals surface area contributed by atoms with Crippen LogP contribution in [-0.4, -0.2) is 22.5 Å². The van der Waals surface area contributed by atoms with E-state index in [2.05, 4.69) is 5.32 Å². The van der Waals surface area contributed by atoms with E-state index in [0.717, 1.165) is 0 Å². The number of hydrogen-bond acceptors (Lipinski definition) is 2. The van der Waals surface area contributed by atoms with Crippen molar-refractivity contribution in [2.45, 2.75) is 39.2 Å². The summed E-state index contributed by atoms with van der Waals surface area (Å²) in [6, 6.07) is 0. The van der Waals surface area contributed by atoms with E-state index in [1.54, 1.807) is 0 Å². The topological polar surface area (TPSA) is 66.4 Å². The molecular formula is C12H19NO3. The molecule has 0 saturated heterocycles. The largest absolute Gasteiger partial charge is 0.481 e. The number of amides is 1. The summed E-state index contributed by atoms with van der Waals surface area (Å²) in [5, 5.41) is 11.9. The number of allylic oxidation sites excluding steroid dienone is 2.